The second kappa shape index (κ2) is 7.05. The molecule has 126 valence electrons. The predicted molar refractivity (Wildman–Crippen MR) is 90.5 cm³/mol. The number of carbonyl (C=O) groups excluding carboxylic acids is 2. The van der Waals surface area contributed by atoms with Crippen molar-refractivity contribution >= 4 is 23.4 Å². The molecule has 1 aromatic heterocycles. The number of fused-ring (bicyclic) bond motifs is 1. The van der Waals surface area contributed by atoms with Gasteiger partial charge in [-0.05, 0) is 24.1 Å². The molecule has 3 rings (SSSR count). The monoisotopic (exact) mass is 346 g/mol. The summed E-state index contributed by atoms with van der Waals surface area (Å²) in [6.45, 7) is 0.843. The Hall–Kier alpha value is -2.34. The van der Waals surface area contributed by atoms with Gasteiger partial charge in [0.25, 0.3) is 0 Å². The third-order valence-corrected chi connectivity index (χ3v) is 4.52. The van der Waals surface area contributed by atoms with E-state index in [0.29, 0.717) is 31.0 Å². The van der Waals surface area contributed by atoms with Gasteiger partial charge in [0, 0.05) is 24.7 Å². The number of amides is 2. The zero-order valence-electron chi connectivity index (χ0n) is 13.4. The Morgan fingerprint density at radius 1 is 1.33 bits per heavy atom. The first-order valence-electron chi connectivity index (χ1n) is 7.83. The van der Waals surface area contributed by atoms with Crippen LogP contribution in [-0.4, -0.2) is 39.9 Å². The van der Waals surface area contributed by atoms with Crippen LogP contribution in [0.3, 0.4) is 0 Å². The molecule has 2 aromatic rings. The molecule has 0 aliphatic carbocycles. The molecule has 0 radical (unpaired) electrons. The van der Waals surface area contributed by atoms with E-state index in [-0.39, 0.29) is 11.8 Å². The van der Waals surface area contributed by atoms with Gasteiger partial charge in [0.1, 0.15) is 6.04 Å². The molecule has 0 spiro atoms. The van der Waals surface area contributed by atoms with Gasteiger partial charge in [0.05, 0.1) is 25.1 Å². The first-order chi connectivity index (χ1) is 11.6. The minimum absolute atomic E-state index is 0.0336. The first-order valence-corrected chi connectivity index (χ1v) is 8.21. The van der Waals surface area contributed by atoms with Crippen LogP contribution in [0.2, 0.25) is 5.02 Å². The number of likely N-dealkylation sites (N-methyl/N-ethyl adjacent to an activating group) is 1. The van der Waals surface area contributed by atoms with Crippen molar-refractivity contribution < 1.29 is 9.59 Å². The largest absolute Gasteiger partial charge is 0.357 e. The van der Waals surface area contributed by atoms with Gasteiger partial charge in [0.2, 0.25) is 11.8 Å². The Bertz CT molecular complexity index is 741. The lowest BCUT2D eigenvalue weighted by atomic mass is 10.1. The van der Waals surface area contributed by atoms with E-state index in [0.717, 1.165) is 11.3 Å². The zero-order valence-corrected chi connectivity index (χ0v) is 14.2. The Kier molecular flexibility index (Phi) is 4.85. The number of carbonyl (C=O) groups is 2. The van der Waals surface area contributed by atoms with Crippen LogP contribution in [0.25, 0.3) is 0 Å². The summed E-state index contributed by atoms with van der Waals surface area (Å²) in [7, 11) is 1.60. The lowest BCUT2D eigenvalue weighted by Gasteiger charge is -2.33. The molecule has 1 unspecified atom stereocenters. The maximum Gasteiger partial charge on any atom is 0.244 e. The Balaban J connectivity index is 1.67. The minimum atomic E-state index is -0.430. The standard InChI is InChI=1S/C17H19ClN4O2/c1-19-17(24)15-10-21(9-14-8-20-11-22(14)15)16(23)7-4-12-2-5-13(18)6-3-12/h2-3,5-6,8,11,15H,4,7,9-10H2,1H3,(H,19,24). The molecule has 1 aliphatic rings. The molecule has 7 heteroatoms. The van der Waals surface area contributed by atoms with Crippen molar-refractivity contribution in [3.8, 4) is 0 Å². The van der Waals surface area contributed by atoms with Crippen molar-refractivity contribution in [2.24, 2.45) is 0 Å². The van der Waals surface area contributed by atoms with Gasteiger partial charge in [-0.25, -0.2) is 4.98 Å². The number of rotatable bonds is 4. The first kappa shape index (κ1) is 16.5. The fraction of sp³-hybridized carbons (Fsp3) is 0.353. The van der Waals surface area contributed by atoms with E-state index >= 15 is 0 Å². The van der Waals surface area contributed by atoms with Crippen LogP contribution < -0.4 is 5.32 Å². The fourth-order valence-corrected chi connectivity index (χ4v) is 3.04. The summed E-state index contributed by atoms with van der Waals surface area (Å²) in [6, 6.07) is 7.06. The van der Waals surface area contributed by atoms with Gasteiger partial charge in [0.15, 0.2) is 0 Å². The van der Waals surface area contributed by atoms with Gasteiger partial charge in [-0.2, -0.15) is 0 Å². The summed E-state index contributed by atoms with van der Waals surface area (Å²) in [5, 5.41) is 3.33. The maximum absolute atomic E-state index is 12.6. The molecule has 24 heavy (non-hydrogen) atoms. The third kappa shape index (κ3) is 3.43. The molecule has 1 atom stereocenters. The number of hydrogen-bond donors (Lipinski definition) is 1. The fourth-order valence-electron chi connectivity index (χ4n) is 2.92. The zero-order chi connectivity index (χ0) is 17.1. The maximum atomic E-state index is 12.6. The van der Waals surface area contributed by atoms with Crippen LogP contribution in [0.4, 0.5) is 0 Å². The smallest absolute Gasteiger partial charge is 0.244 e. The van der Waals surface area contributed by atoms with E-state index < -0.39 is 6.04 Å². The van der Waals surface area contributed by atoms with E-state index in [1.54, 1.807) is 24.5 Å². The van der Waals surface area contributed by atoms with Crippen molar-refractivity contribution in [3.63, 3.8) is 0 Å². The van der Waals surface area contributed by atoms with E-state index in [1.807, 2.05) is 28.8 Å². The number of imidazole rings is 1. The molecular formula is C17H19ClN4O2. The average molecular weight is 347 g/mol. The van der Waals surface area contributed by atoms with Gasteiger partial charge in [-0.1, -0.05) is 23.7 Å². The summed E-state index contributed by atoms with van der Waals surface area (Å²) >= 11 is 5.87. The predicted octanol–water partition coefficient (Wildman–Crippen LogP) is 1.80. The van der Waals surface area contributed by atoms with Gasteiger partial charge >= 0.3 is 0 Å². The highest BCUT2D eigenvalue weighted by Crippen LogP contribution is 2.22. The Morgan fingerprint density at radius 2 is 2.08 bits per heavy atom. The van der Waals surface area contributed by atoms with Crippen LogP contribution >= 0.6 is 11.6 Å². The molecule has 2 heterocycles. The number of nitrogens with zero attached hydrogens (tertiary/aromatic N) is 3. The van der Waals surface area contributed by atoms with Gasteiger partial charge in [-0.15, -0.1) is 0 Å². The summed E-state index contributed by atoms with van der Waals surface area (Å²) in [4.78, 5) is 30.5. The highest BCUT2D eigenvalue weighted by atomic mass is 35.5. The van der Waals surface area contributed by atoms with Crippen LogP contribution in [0, 0.1) is 0 Å². The third-order valence-electron chi connectivity index (χ3n) is 4.27. The number of halogens is 1. The quantitative estimate of drug-likeness (QED) is 0.918. The normalized spacial score (nSPS) is 16.6. The minimum Gasteiger partial charge on any atom is -0.357 e. The number of aryl methyl sites for hydroxylation is 1. The lowest BCUT2D eigenvalue weighted by Crippen LogP contribution is -2.45. The van der Waals surface area contributed by atoms with Crippen molar-refractivity contribution in [3.05, 3.63) is 53.1 Å². The number of nitrogens with one attached hydrogen (secondary N) is 1. The van der Waals surface area contributed by atoms with Gasteiger partial charge < -0.3 is 14.8 Å². The topological polar surface area (TPSA) is 67.2 Å². The second-order valence-electron chi connectivity index (χ2n) is 5.82. The molecule has 6 nitrogen and oxygen atoms in total. The summed E-state index contributed by atoms with van der Waals surface area (Å²) in [6.07, 6.45) is 4.39. The average Bonchev–Trinajstić information content (AvgIpc) is 3.08. The highest BCUT2D eigenvalue weighted by Gasteiger charge is 2.31. The summed E-state index contributed by atoms with van der Waals surface area (Å²) in [5.41, 5.74) is 1.94. The van der Waals surface area contributed by atoms with Crippen molar-refractivity contribution in [1.29, 1.82) is 0 Å². The van der Waals surface area contributed by atoms with Crippen LogP contribution in [0.1, 0.15) is 23.7 Å². The van der Waals surface area contributed by atoms with Crippen LogP contribution in [-0.2, 0) is 22.6 Å². The van der Waals surface area contributed by atoms with Crippen molar-refractivity contribution in [2.75, 3.05) is 13.6 Å². The molecule has 0 bridgehead atoms. The van der Waals surface area contributed by atoms with Crippen LogP contribution in [0.15, 0.2) is 36.8 Å². The second-order valence-corrected chi connectivity index (χ2v) is 6.26. The molecule has 0 saturated heterocycles. The Morgan fingerprint density at radius 3 is 2.79 bits per heavy atom. The summed E-state index contributed by atoms with van der Waals surface area (Å²) < 4.78 is 1.84. The summed E-state index contributed by atoms with van der Waals surface area (Å²) in [5.74, 6) is -0.0873. The van der Waals surface area contributed by atoms with Crippen molar-refractivity contribution in [2.45, 2.75) is 25.4 Å². The Labute approximate surface area is 145 Å². The van der Waals surface area contributed by atoms with Crippen molar-refractivity contribution in [1.82, 2.24) is 19.8 Å². The van der Waals surface area contributed by atoms with Crippen LogP contribution in [0.5, 0.6) is 0 Å². The molecule has 0 fully saturated rings. The molecule has 1 N–H and O–H groups in total. The number of hydrogen-bond acceptors (Lipinski definition) is 3. The molecule has 0 saturated carbocycles. The van der Waals surface area contributed by atoms with Gasteiger partial charge in [-0.3, -0.25) is 9.59 Å². The molecule has 1 aromatic carbocycles. The number of aromatic nitrogens is 2. The number of benzene rings is 1. The van der Waals surface area contributed by atoms with E-state index in [4.69, 9.17) is 11.6 Å². The van der Waals surface area contributed by atoms with E-state index in [2.05, 4.69) is 10.3 Å². The molecular weight excluding hydrogens is 328 g/mol. The molecule has 2 amide bonds. The highest BCUT2D eigenvalue weighted by molar-refractivity contribution is 6.30. The molecule has 1 aliphatic heterocycles. The van der Waals surface area contributed by atoms with E-state index in [1.165, 1.54) is 0 Å². The SMILES string of the molecule is CNC(=O)C1CN(C(=O)CCc2ccc(Cl)cc2)Cc2cncn21. The van der Waals surface area contributed by atoms with E-state index in [9.17, 15) is 9.59 Å². The lowest BCUT2D eigenvalue weighted by molar-refractivity contribution is -0.135.